The number of sulfonamides is 1. The fourth-order valence-electron chi connectivity index (χ4n) is 4.46. The Balaban J connectivity index is 1.91. The molecular weight excluding hydrogens is 355 g/mol. The van der Waals surface area contributed by atoms with Gasteiger partial charge in [0.1, 0.15) is 5.78 Å². The van der Waals surface area contributed by atoms with Crippen LogP contribution in [0.25, 0.3) is 0 Å². The van der Waals surface area contributed by atoms with Crippen LogP contribution in [0.15, 0.2) is 24.3 Å². The molecule has 1 aromatic rings. The highest BCUT2D eigenvalue weighted by molar-refractivity contribution is 7.92. The molecule has 0 unspecified atom stereocenters. The summed E-state index contributed by atoms with van der Waals surface area (Å²) in [6.45, 7) is 3.77. The van der Waals surface area contributed by atoms with E-state index < -0.39 is 44.0 Å². The Labute approximate surface area is 144 Å². The predicted molar refractivity (Wildman–Crippen MR) is 87.4 cm³/mol. The summed E-state index contributed by atoms with van der Waals surface area (Å²) in [7, 11) is -4.12. The van der Waals surface area contributed by atoms with E-state index in [9.17, 15) is 26.4 Å². The van der Waals surface area contributed by atoms with Crippen LogP contribution in [0.2, 0.25) is 0 Å². The van der Waals surface area contributed by atoms with Crippen molar-refractivity contribution in [1.82, 2.24) is 0 Å². The fourth-order valence-corrected chi connectivity index (χ4v) is 6.37. The molecular formula is C17H20F3NO3S. The third kappa shape index (κ3) is 2.84. The van der Waals surface area contributed by atoms with Crippen LogP contribution in [0.1, 0.15) is 38.7 Å². The van der Waals surface area contributed by atoms with Crippen molar-refractivity contribution in [3.63, 3.8) is 0 Å². The zero-order valence-corrected chi connectivity index (χ0v) is 14.8. The van der Waals surface area contributed by atoms with Gasteiger partial charge in [-0.3, -0.25) is 9.52 Å². The van der Waals surface area contributed by atoms with E-state index in [1.807, 2.05) is 13.8 Å². The number of halogens is 3. The lowest BCUT2D eigenvalue weighted by molar-refractivity contribution is -0.137. The van der Waals surface area contributed by atoms with E-state index in [-0.39, 0.29) is 11.7 Å². The highest BCUT2D eigenvalue weighted by atomic mass is 32.2. The Kier molecular flexibility index (Phi) is 3.98. The van der Waals surface area contributed by atoms with Crippen molar-refractivity contribution in [2.24, 2.45) is 16.7 Å². The molecule has 1 aromatic carbocycles. The first kappa shape index (κ1) is 18.2. The molecule has 2 aliphatic rings. The molecule has 8 heteroatoms. The number of rotatable bonds is 4. The van der Waals surface area contributed by atoms with E-state index in [1.54, 1.807) is 0 Å². The van der Waals surface area contributed by atoms with Crippen LogP contribution in [0, 0.1) is 16.7 Å². The molecule has 2 bridgehead atoms. The van der Waals surface area contributed by atoms with E-state index in [2.05, 4.69) is 4.72 Å². The number of nitrogens with one attached hydrogen (secondary N) is 1. The molecule has 138 valence electrons. The Morgan fingerprint density at radius 2 is 1.88 bits per heavy atom. The third-order valence-electron chi connectivity index (χ3n) is 6.07. The fraction of sp³-hybridized carbons (Fsp3) is 0.588. The van der Waals surface area contributed by atoms with Crippen LogP contribution in [0.5, 0.6) is 0 Å². The first-order valence-corrected chi connectivity index (χ1v) is 9.74. The predicted octanol–water partition coefficient (Wildman–Crippen LogP) is 3.84. The number of benzene rings is 1. The second kappa shape index (κ2) is 5.46. The molecule has 2 aliphatic carbocycles. The van der Waals surface area contributed by atoms with Crippen molar-refractivity contribution in [2.45, 2.75) is 39.3 Å². The number of hydrogen-bond donors (Lipinski definition) is 1. The third-order valence-corrected chi connectivity index (χ3v) is 7.48. The smallest absolute Gasteiger partial charge is 0.299 e. The Hall–Kier alpha value is -1.57. The summed E-state index contributed by atoms with van der Waals surface area (Å²) < 4.78 is 66.5. The summed E-state index contributed by atoms with van der Waals surface area (Å²) in [6.07, 6.45) is -3.08. The van der Waals surface area contributed by atoms with E-state index in [0.29, 0.717) is 12.8 Å². The zero-order chi connectivity index (χ0) is 18.7. The highest BCUT2D eigenvalue weighted by Gasteiger charge is 2.65. The molecule has 0 aliphatic heterocycles. The standard InChI is InChI=1S/C17H20F3NO3S/c1-15(2)11-7-8-16(15,14(22)9-11)10-25(23,24)21-13-6-4-3-5-12(13)17(18,19)20/h3-6,11,21H,7-10H2,1-2H3/t11-,16+/m0/s1. The summed E-state index contributed by atoms with van der Waals surface area (Å²) in [6, 6.07) is 4.44. The summed E-state index contributed by atoms with van der Waals surface area (Å²) in [5, 5.41) is 0. The Morgan fingerprint density at radius 3 is 2.40 bits per heavy atom. The van der Waals surface area contributed by atoms with E-state index >= 15 is 0 Å². The lowest BCUT2D eigenvalue weighted by atomic mass is 9.70. The van der Waals surface area contributed by atoms with Gasteiger partial charge in [-0.05, 0) is 36.3 Å². The molecule has 0 spiro atoms. The van der Waals surface area contributed by atoms with Gasteiger partial charge in [0, 0.05) is 6.42 Å². The van der Waals surface area contributed by atoms with Gasteiger partial charge in [-0.25, -0.2) is 8.42 Å². The molecule has 3 rings (SSSR count). The molecule has 2 saturated carbocycles. The SMILES string of the molecule is CC1(C)[C@H]2CC[C@@]1(CS(=O)(=O)Nc1ccccc1C(F)(F)F)C(=O)C2. The normalized spacial score (nSPS) is 28.4. The average molecular weight is 375 g/mol. The Bertz CT molecular complexity index is 817. The number of hydrogen-bond acceptors (Lipinski definition) is 3. The second-order valence-electron chi connectivity index (χ2n) is 7.57. The van der Waals surface area contributed by atoms with E-state index in [1.165, 1.54) is 12.1 Å². The lowest BCUT2D eigenvalue weighted by Gasteiger charge is -2.36. The largest absolute Gasteiger partial charge is 0.418 e. The van der Waals surface area contributed by atoms with Gasteiger partial charge in [0.25, 0.3) is 0 Å². The summed E-state index contributed by atoms with van der Waals surface area (Å²) in [5.41, 5.74) is -3.04. The molecule has 2 fully saturated rings. The second-order valence-corrected chi connectivity index (χ2v) is 9.29. The first-order valence-electron chi connectivity index (χ1n) is 8.09. The number of carbonyl (C=O) groups excluding carboxylic acids is 1. The molecule has 4 nitrogen and oxygen atoms in total. The van der Waals surface area contributed by atoms with Crippen molar-refractivity contribution in [3.8, 4) is 0 Å². The molecule has 2 atom stereocenters. The minimum Gasteiger partial charge on any atom is -0.299 e. The minimum absolute atomic E-state index is 0.0942. The van der Waals surface area contributed by atoms with Gasteiger partial charge in [0.05, 0.1) is 22.4 Å². The highest BCUT2D eigenvalue weighted by Crippen LogP contribution is 2.64. The van der Waals surface area contributed by atoms with Crippen LogP contribution < -0.4 is 4.72 Å². The molecule has 25 heavy (non-hydrogen) atoms. The van der Waals surface area contributed by atoms with Gasteiger partial charge in [-0.2, -0.15) is 13.2 Å². The van der Waals surface area contributed by atoms with Crippen molar-refractivity contribution in [1.29, 1.82) is 0 Å². The van der Waals surface area contributed by atoms with Crippen molar-refractivity contribution in [2.75, 3.05) is 10.5 Å². The first-order chi connectivity index (χ1) is 11.4. The van der Waals surface area contributed by atoms with Crippen LogP contribution in [-0.2, 0) is 21.0 Å². The topological polar surface area (TPSA) is 63.2 Å². The van der Waals surface area contributed by atoms with Crippen LogP contribution >= 0.6 is 0 Å². The number of fused-ring (bicyclic) bond motifs is 2. The zero-order valence-electron chi connectivity index (χ0n) is 14.0. The maximum Gasteiger partial charge on any atom is 0.418 e. The monoisotopic (exact) mass is 375 g/mol. The van der Waals surface area contributed by atoms with E-state index in [4.69, 9.17) is 0 Å². The summed E-state index contributed by atoms with van der Waals surface area (Å²) >= 11 is 0. The molecule has 0 aromatic heterocycles. The van der Waals surface area contributed by atoms with Crippen molar-refractivity contribution < 1.29 is 26.4 Å². The molecule has 0 heterocycles. The summed E-state index contributed by atoms with van der Waals surface area (Å²) in [5.74, 6) is -0.435. The van der Waals surface area contributed by atoms with Crippen LogP contribution in [0.3, 0.4) is 0 Å². The number of alkyl halides is 3. The molecule has 1 N–H and O–H groups in total. The quantitative estimate of drug-likeness (QED) is 0.870. The van der Waals surface area contributed by atoms with Gasteiger partial charge in [-0.1, -0.05) is 26.0 Å². The van der Waals surface area contributed by atoms with Gasteiger partial charge in [0.15, 0.2) is 0 Å². The summed E-state index contributed by atoms with van der Waals surface area (Å²) in [4.78, 5) is 12.5. The minimum atomic E-state index is -4.67. The Morgan fingerprint density at radius 1 is 1.24 bits per heavy atom. The van der Waals surface area contributed by atoms with E-state index in [0.717, 1.165) is 18.6 Å². The van der Waals surface area contributed by atoms with Gasteiger partial charge >= 0.3 is 6.18 Å². The number of anilines is 1. The van der Waals surface area contributed by atoms with Crippen molar-refractivity contribution >= 4 is 21.5 Å². The average Bonchev–Trinajstić information content (AvgIpc) is 2.79. The van der Waals surface area contributed by atoms with Crippen LogP contribution in [-0.4, -0.2) is 20.0 Å². The van der Waals surface area contributed by atoms with Gasteiger partial charge < -0.3 is 0 Å². The van der Waals surface area contributed by atoms with Gasteiger partial charge in [-0.15, -0.1) is 0 Å². The van der Waals surface area contributed by atoms with Crippen molar-refractivity contribution in [3.05, 3.63) is 29.8 Å². The molecule has 0 saturated heterocycles. The molecule has 0 radical (unpaired) electrons. The lowest BCUT2D eigenvalue weighted by Crippen LogP contribution is -2.43. The number of para-hydroxylation sites is 1. The number of carbonyl (C=O) groups is 1. The maximum absolute atomic E-state index is 13.1. The number of Topliss-reactive ketones (excluding diaryl/α,β-unsaturated/α-hetero) is 1. The molecule has 0 amide bonds. The number of ketones is 1. The van der Waals surface area contributed by atoms with Gasteiger partial charge in [0.2, 0.25) is 10.0 Å². The maximum atomic E-state index is 13.1. The van der Waals surface area contributed by atoms with Crippen LogP contribution in [0.4, 0.5) is 18.9 Å².